The van der Waals surface area contributed by atoms with Crippen LogP contribution in [0.5, 0.6) is 0 Å². The van der Waals surface area contributed by atoms with Gasteiger partial charge in [-0.2, -0.15) is 0 Å². The summed E-state index contributed by atoms with van der Waals surface area (Å²) in [6.07, 6.45) is 4.38. The third-order valence-electron chi connectivity index (χ3n) is 2.39. The molecule has 2 aliphatic rings. The molecule has 0 aromatic carbocycles. The first-order chi connectivity index (χ1) is 5.64. The number of epoxide rings is 1. The summed E-state index contributed by atoms with van der Waals surface area (Å²) < 4.78 is 5.30. The highest BCUT2D eigenvalue weighted by molar-refractivity contribution is 5.86. The number of hydrogen-bond acceptors (Lipinski definition) is 2. The maximum atomic E-state index is 10.5. The molecule has 1 N–H and O–H groups in total. The summed E-state index contributed by atoms with van der Waals surface area (Å²) in [5.41, 5.74) is -0.0181. The van der Waals surface area contributed by atoms with Crippen LogP contribution < -0.4 is 0 Å². The maximum absolute atomic E-state index is 10.5. The Kier molecular flexibility index (Phi) is 1.31. The first kappa shape index (κ1) is 7.40. The Morgan fingerprint density at radius 3 is 3.00 bits per heavy atom. The zero-order valence-electron chi connectivity index (χ0n) is 6.67. The van der Waals surface area contributed by atoms with E-state index in [1.54, 1.807) is 0 Å². The van der Waals surface area contributed by atoms with Gasteiger partial charge in [0, 0.05) is 12.0 Å². The van der Waals surface area contributed by atoms with Crippen molar-refractivity contribution < 1.29 is 14.6 Å². The van der Waals surface area contributed by atoms with Crippen molar-refractivity contribution >= 4 is 5.97 Å². The van der Waals surface area contributed by atoms with E-state index >= 15 is 0 Å². The lowest BCUT2D eigenvalue weighted by molar-refractivity contribution is -0.132. The minimum atomic E-state index is -0.925. The molecule has 0 saturated carbocycles. The lowest BCUT2D eigenvalue weighted by Gasteiger charge is -2.05. The number of hydrogen-bond donors (Lipinski definition) is 1. The third-order valence-corrected chi connectivity index (χ3v) is 2.39. The van der Waals surface area contributed by atoms with E-state index in [9.17, 15) is 4.79 Å². The van der Waals surface area contributed by atoms with Crippen molar-refractivity contribution in [1.82, 2.24) is 0 Å². The van der Waals surface area contributed by atoms with Crippen molar-refractivity contribution in [3.63, 3.8) is 0 Å². The molecule has 0 spiro atoms. The summed E-state index contributed by atoms with van der Waals surface area (Å²) in [6.45, 7) is 3.48. The van der Waals surface area contributed by atoms with Crippen LogP contribution in [0, 0.1) is 0 Å². The molecule has 1 atom stereocenters. The average Bonchev–Trinajstić information content (AvgIpc) is 2.53. The minimum Gasteiger partial charge on any atom is -0.479 e. The van der Waals surface area contributed by atoms with Crippen LogP contribution in [0.1, 0.15) is 19.3 Å². The van der Waals surface area contributed by atoms with E-state index in [0.29, 0.717) is 6.42 Å². The number of aliphatic carboxylic acids is 1. The number of fused-ring (bicyclic) bond motifs is 1. The van der Waals surface area contributed by atoms with Gasteiger partial charge in [-0.3, -0.25) is 0 Å². The molecule has 0 aromatic rings. The summed E-state index contributed by atoms with van der Waals surface area (Å²) in [7, 11) is 0. The second-order valence-electron chi connectivity index (χ2n) is 3.29. The SMILES string of the molecule is C=C(CC12CCC=C1O2)C(=O)O. The first-order valence-electron chi connectivity index (χ1n) is 3.95. The molecule has 2 rings (SSSR count). The fourth-order valence-corrected chi connectivity index (χ4v) is 1.66. The van der Waals surface area contributed by atoms with E-state index in [-0.39, 0.29) is 11.2 Å². The number of rotatable bonds is 3. The second kappa shape index (κ2) is 2.12. The topological polar surface area (TPSA) is 49.8 Å². The molecular formula is C9H10O3. The predicted molar refractivity (Wildman–Crippen MR) is 42.5 cm³/mol. The molecule has 1 fully saturated rings. The van der Waals surface area contributed by atoms with E-state index in [1.165, 1.54) is 0 Å². The molecule has 3 nitrogen and oxygen atoms in total. The Morgan fingerprint density at radius 2 is 2.58 bits per heavy atom. The van der Waals surface area contributed by atoms with Crippen molar-refractivity contribution in [2.24, 2.45) is 0 Å². The molecule has 1 unspecified atom stereocenters. The van der Waals surface area contributed by atoms with Crippen LogP contribution in [0.4, 0.5) is 0 Å². The van der Waals surface area contributed by atoms with Crippen LogP contribution in [0.2, 0.25) is 0 Å². The number of carboxylic acid groups (broad SMARTS) is 1. The highest BCUT2D eigenvalue weighted by Gasteiger charge is 2.55. The van der Waals surface area contributed by atoms with Gasteiger partial charge in [-0.05, 0) is 18.9 Å². The maximum Gasteiger partial charge on any atom is 0.331 e. The quantitative estimate of drug-likeness (QED) is 0.510. The van der Waals surface area contributed by atoms with E-state index in [0.717, 1.165) is 18.6 Å². The highest BCUT2D eigenvalue weighted by atomic mass is 16.6. The van der Waals surface area contributed by atoms with Gasteiger partial charge in [0.15, 0.2) is 5.60 Å². The van der Waals surface area contributed by atoms with E-state index < -0.39 is 5.97 Å². The molecule has 1 saturated heterocycles. The van der Waals surface area contributed by atoms with E-state index in [2.05, 4.69) is 6.58 Å². The second-order valence-corrected chi connectivity index (χ2v) is 3.29. The molecule has 0 amide bonds. The smallest absolute Gasteiger partial charge is 0.331 e. The van der Waals surface area contributed by atoms with Gasteiger partial charge in [0.2, 0.25) is 0 Å². The third kappa shape index (κ3) is 0.932. The summed E-state index contributed by atoms with van der Waals surface area (Å²) in [5.74, 6) is 0.0380. The van der Waals surface area contributed by atoms with Crippen LogP contribution in [0.15, 0.2) is 24.0 Å². The van der Waals surface area contributed by atoms with E-state index in [1.807, 2.05) is 6.08 Å². The van der Waals surface area contributed by atoms with Crippen LogP contribution in [-0.2, 0) is 9.53 Å². The monoisotopic (exact) mass is 166 g/mol. The Bertz CT molecular complexity index is 290. The van der Waals surface area contributed by atoms with Crippen molar-refractivity contribution in [3.05, 3.63) is 24.0 Å². The van der Waals surface area contributed by atoms with Gasteiger partial charge in [-0.15, -0.1) is 0 Å². The van der Waals surface area contributed by atoms with Gasteiger partial charge in [-0.1, -0.05) is 6.58 Å². The van der Waals surface area contributed by atoms with Crippen molar-refractivity contribution in [2.45, 2.75) is 24.9 Å². The lowest BCUT2D eigenvalue weighted by atomic mass is 9.99. The van der Waals surface area contributed by atoms with Gasteiger partial charge in [-0.25, -0.2) is 4.79 Å². The molecule has 1 heterocycles. The van der Waals surface area contributed by atoms with Crippen LogP contribution in [0.3, 0.4) is 0 Å². The van der Waals surface area contributed by atoms with Gasteiger partial charge in [0.25, 0.3) is 0 Å². The normalized spacial score (nSPS) is 30.2. The van der Waals surface area contributed by atoms with Crippen LogP contribution in [0.25, 0.3) is 0 Å². The summed E-state index contributed by atoms with van der Waals surface area (Å²) >= 11 is 0. The molecule has 1 aliphatic heterocycles. The Balaban J connectivity index is 2.01. The number of allylic oxidation sites excluding steroid dienone is 1. The molecular weight excluding hydrogens is 156 g/mol. The molecule has 0 bridgehead atoms. The standard InChI is InChI=1S/C9H10O3/c1-6(8(10)11)5-9-4-2-3-7(9)12-9/h3H,1-2,4-5H2,(H,10,11). The molecule has 0 radical (unpaired) electrons. The fraction of sp³-hybridized carbons (Fsp3) is 0.444. The molecule has 1 aliphatic carbocycles. The first-order valence-corrected chi connectivity index (χ1v) is 3.95. The fourth-order valence-electron chi connectivity index (χ4n) is 1.66. The zero-order valence-corrected chi connectivity index (χ0v) is 6.67. The summed E-state index contributed by atoms with van der Waals surface area (Å²) in [6, 6.07) is 0. The van der Waals surface area contributed by atoms with Crippen LogP contribution in [-0.4, -0.2) is 16.7 Å². The Labute approximate surface area is 70.3 Å². The van der Waals surface area contributed by atoms with Crippen LogP contribution >= 0.6 is 0 Å². The molecule has 12 heavy (non-hydrogen) atoms. The number of ether oxygens (including phenoxy) is 1. The van der Waals surface area contributed by atoms with Gasteiger partial charge < -0.3 is 9.84 Å². The lowest BCUT2D eigenvalue weighted by Crippen LogP contribution is -2.12. The minimum absolute atomic E-state index is 0.236. The van der Waals surface area contributed by atoms with Crippen molar-refractivity contribution in [1.29, 1.82) is 0 Å². The van der Waals surface area contributed by atoms with Crippen molar-refractivity contribution in [2.75, 3.05) is 0 Å². The molecule has 0 aromatic heterocycles. The zero-order chi connectivity index (χ0) is 8.77. The predicted octanol–water partition coefficient (Wildman–Crippen LogP) is 1.46. The molecule has 3 heteroatoms. The highest BCUT2D eigenvalue weighted by Crippen LogP contribution is 2.53. The Morgan fingerprint density at radius 1 is 1.83 bits per heavy atom. The van der Waals surface area contributed by atoms with Gasteiger partial charge >= 0.3 is 5.97 Å². The average molecular weight is 166 g/mol. The van der Waals surface area contributed by atoms with E-state index in [4.69, 9.17) is 9.84 Å². The Hall–Kier alpha value is -1.25. The number of carbonyl (C=O) groups is 1. The van der Waals surface area contributed by atoms with Crippen molar-refractivity contribution in [3.8, 4) is 0 Å². The van der Waals surface area contributed by atoms with Gasteiger partial charge in [0.05, 0.1) is 0 Å². The molecule has 64 valence electrons. The summed E-state index contributed by atoms with van der Waals surface area (Å²) in [5, 5.41) is 8.60. The largest absolute Gasteiger partial charge is 0.479 e. The van der Waals surface area contributed by atoms with Gasteiger partial charge in [0.1, 0.15) is 5.76 Å². The summed E-state index contributed by atoms with van der Waals surface area (Å²) in [4.78, 5) is 10.5. The number of carboxylic acids is 1.